The van der Waals surface area contributed by atoms with E-state index < -0.39 is 0 Å². The summed E-state index contributed by atoms with van der Waals surface area (Å²) in [5.74, 6) is 7.99. The molecule has 0 saturated heterocycles. The van der Waals surface area contributed by atoms with Crippen LogP contribution in [0, 0.1) is 0 Å². The Hall–Kier alpha value is -1.79. The van der Waals surface area contributed by atoms with Gasteiger partial charge >= 0.3 is 0 Å². The standard InChI is InChI=1S/C14H18N4OS/c1-3-6-12-16-13(18-15)9-14(17-12)19-10-7-4-5-8-11(10)20-2/h4-5,7-9H,3,6,15H2,1-2H3,(H,16,17,18). The van der Waals surface area contributed by atoms with Crippen molar-refractivity contribution in [1.29, 1.82) is 0 Å². The largest absolute Gasteiger partial charge is 0.438 e. The Morgan fingerprint density at radius 1 is 1.30 bits per heavy atom. The molecule has 1 aromatic carbocycles. The number of thioether (sulfide) groups is 1. The summed E-state index contributed by atoms with van der Waals surface area (Å²) in [5, 5.41) is 0. The number of para-hydroxylation sites is 1. The summed E-state index contributed by atoms with van der Waals surface area (Å²) in [4.78, 5) is 9.76. The number of anilines is 1. The third kappa shape index (κ3) is 3.61. The number of aryl methyl sites for hydroxylation is 1. The first-order chi connectivity index (χ1) is 9.76. The van der Waals surface area contributed by atoms with Crippen LogP contribution in [0.1, 0.15) is 19.2 Å². The molecule has 3 N–H and O–H groups in total. The van der Waals surface area contributed by atoms with Crippen LogP contribution in [0.3, 0.4) is 0 Å². The first kappa shape index (κ1) is 14.6. The number of nitrogens with zero attached hydrogens (tertiary/aromatic N) is 2. The van der Waals surface area contributed by atoms with Crippen LogP contribution in [0.15, 0.2) is 35.2 Å². The molecule has 2 aromatic rings. The molecule has 1 aromatic heterocycles. The molecule has 0 atom stereocenters. The maximum absolute atomic E-state index is 5.86. The predicted molar refractivity (Wildman–Crippen MR) is 82.1 cm³/mol. The molecule has 0 radical (unpaired) electrons. The van der Waals surface area contributed by atoms with Gasteiger partial charge < -0.3 is 10.2 Å². The van der Waals surface area contributed by atoms with Crippen LogP contribution >= 0.6 is 11.8 Å². The summed E-state index contributed by atoms with van der Waals surface area (Å²) >= 11 is 1.63. The van der Waals surface area contributed by atoms with E-state index >= 15 is 0 Å². The predicted octanol–water partition coefficient (Wildman–Crippen LogP) is 3.23. The molecule has 1 heterocycles. The molecule has 0 aliphatic heterocycles. The second kappa shape index (κ2) is 7.12. The van der Waals surface area contributed by atoms with Gasteiger partial charge in [-0.15, -0.1) is 11.8 Å². The maximum atomic E-state index is 5.86. The number of nitrogens with two attached hydrogens (primary N) is 1. The van der Waals surface area contributed by atoms with Gasteiger partial charge in [0.05, 0.1) is 0 Å². The molecule has 2 rings (SSSR count). The Bertz CT molecular complexity index is 577. The fourth-order valence-corrected chi connectivity index (χ4v) is 2.28. The Kier molecular flexibility index (Phi) is 5.20. The van der Waals surface area contributed by atoms with E-state index in [0.29, 0.717) is 11.7 Å². The van der Waals surface area contributed by atoms with Crippen molar-refractivity contribution in [2.24, 2.45) is 5.84 Å². The van der Waals surface area contributed by atoms with E-state index in [2.05, 4.69) is 22.3 Å². The number of nitrogens with one attached hydrogen (secondary N) is 1. The molecule has 0 fully saturated rings. The van der Waals surface area contributed by atoms with Crippen molar-refractivity contribution in [3.8, 4) is 11.6 Å². The van der Waals surface area contributed by atoms with E-state index in [-0.39, 0.29) is 0 Å². The van der Waals surface area contributed by atoms with Crippen molar-refractivity contribution in [2.45, 2.75) is 24.7 Å². The average Bonchev–Trinajstić information content (AvgIpc) is 2.48. The molecule has 6 heteroatoms. The quantitative estimate of drug-likeness (QED) is 0.483. The molecule has 0 saturated carbocycles. The fourth-order valence-electron chi connectivity index (χ4n) is 1.75. The Labute approximate surface area is 122 Å². The zero-order valence-corrected chi connectivity index (χ0v) is 12.4. The SMILES string of the molecule is CCCc1nc(NN)cc(Oc2ccccc2SC)n1. The summed E-state index contributed by atoms with van der Waals surface area (Å²) < 4.78 is 5.86. The minimum atomic E-state index is 0.498. The first-order valence-corrected chi connectivity index (χ1v) is 7.64. The molecule has 0 spiro atoms. The van der Waals surface area contributed by atoms with Crippen molar-refractivity contribution in [2.75, 3.05) is 11.7 Å². The number of nitrogen functional groups attached to an aromatic ring is 1. The van der Waals surface area contributed by atoms with Crippen LogP contribution in [0.2, 0.25) is 0 Å². The number of benzene rings is 1. The van der Waals surface area contributed by atoms with E-state index in [0.717, 1.165) is 29.3 Å². The van der Waals surface area contributed by atoms with E-state index in [1.54, 1.807) is 17.8 Å². The molecule has 0 aliphatic rings. The van der Waals surface area contributed by atoms with E-state index in [4.69, 9.17) is 10.6 Å². The van der Waals surface area contributed by atoms with Crippen molar-refractivity contribution < 1.29 is 4.74 Å². The molecular weight excluding hydrogens is 272 g/mol. The number of rotatable bonds is 6. The van der Waals surface area contributed by atoms with E-state index in [9.17, 15) is 0 Å². The molecular formula is C14H18N4OS. The van der Waals surface area contributed by atoms with Crippen LogP contribution in [-0.2, 0) is 6.42 Å². The van der Waals surface area contributed by atoms with Crippen LogP contribution in [0.25, 0.3) is 0 Å². The number of hydrogen-bond donors (Lipinski definition) is 2. The average molecular weight is 290 g/mol. The van der Waals surface area contributed by atoms with Crippen LogP contribution in [-0.4, -0.2) is 16.2 Å². The lowest BCUT2D eigenvalue weighted by molar-refractivity contribution is 0.448. The molecule has 106 valence electrons. The second-order valence-electron chi connectivity index (χ2n) is 4.15. The van der Waals surface area contributed by atoms with Crippen molar-refractivity contribution in [3.05, 3.63) is 36.2 Å². The third-order valence-corrected chi connectivity index (χ3v) is 3.43. The van der Waals surface area contributed by atoms with Gasteiger partial charge in [-0.3, -0.25) is 0 Å². The van der Waals surface area contributed by atoms with Crippen molar-refractivity contribution >= 4 is 17.6 Å². The van der Waals surface area contributed by atoms with Gasteiger partial charge in [-0.25, -0.2) is 10.8 Å². The highest BCUT2D eigenvalue weighted by atomic mass is 32.2. The Morgan fingerprint density at radius 3 is 2.80 bits per heavy atom. The van der Waals surface area contributed by atoms with Gasteiger partial charge in [0.15, 0.2) is 0 Å². The fraction of sp³-hybridized carbons (Fsp3) is 0.286. The minimum absolute atomic E-state index is 0.498. The van der Waals surface area contributed by atoms with Crippen LogP contribution in [0.4, 0.5) is 5.82 Å². The molecule has 0 unspecified atom stereocenters. The summed E-state index contributed by atoms with van der Waals surface area (Å²) in [7, 11) is 0. The summed E-state index contributed by atoms with van der Waals surface area (Å²) in [6.45, 7) is 2.08. The minimum Gasteiger partial charge on any atom is -0.438 e. The summed E-state index contributed by atoms with van der Waals surface area (Å²) in [5.41, 5.74) is 2.54. The smallest absolute Gasteiger partial charge is 0.224 e. The lowest BCUT2D eigenvalue weighted by Gasteiger charge is -2.10. The lowest BCUT2D eigenvalue weighted by Crippen LogP contribution is -2.10. The number of hydrogen-bond acceptors (Lipinski definition) is 6. The van der Waals surface area contributed by atoms with Crippen molar-refractivity contribution in [3.63, 3.8) is 0 Å². The van der Waals surface area contributed by atoms with Gasteiger partial charge in [-0.2, -0.15) is 4.98 Å². The maximum Gasteiger partial charge on any atom is 0.224 e. The zero-order valence-electron chi connectivity index (χ0n) is 11.6. The van der Waals surface area contributed by atoms with E-state index in [1.807, 2.05) is 30.5 Å². The first-order valence-electron chi connectivity index (χ1n) is 6.42. The van der Waals surface area contributed by atoms with E-state index in [1.165, 1.54) is 0 Å². The number of aromatic nitrogens is 2. The van der Waals surface area contributed by atoms with Gasteiger partial charge in [0, 0.05) is 17.4 Å². The van der Waals surface area contributed by atoms with Gasteiger partial charge in [0.2, 0.25) is 5.88 Å². The monoisotopic (exact) mass is 290 g/mol. The van der Waals surface area contributed by atoms with Gasteiger partial charge in [0.25, 0.3) is 0 Å². The lowest BCUT2D eigenvalue weighted by atomic mass is 10.3. The molecule has 0 bridgehead atoms. The molecule has 5 nitrogen and oxygen atoms in total. The molecule has 0 amide bonds. The van der Waals surface area contributed by atoms with Gasteiger partial charge in [0.1, 0.15) is 17.4 Å². The highest BCUT2D eigenvalue weighted by Gasteiger charge is 2.08. The normalized spacial score (nSPS) is 10.3. The highest BCUT2D eigenvalue weighted by molar-refractivity contribution is 7.98. The topological polar surface area (TPSA) is 73.1 Å². The highest BCUT2D eigenvalue weighted by Crippen LogP contribution is 2.31. The Morgan fingerprint density at radius 2 is 2.10 bits per heavy atom. The number of ether oxygens (including phenoxy) is 1. The van der Waals surface area contributed by atoms with Crippen molar-refractivity contribution in [1.82, 2.24) is 9.97 Å². The number of hydrazine groups is 1. The molecule has 0 aliphatic carbocycles. The van der Waals surface area contributed by atoms with Gasteiger partial charge in [-0.1, -0.05) is 19.1 Å². The summed E-state index contributed by atoms with van der Waals surface area (Å²) in [6.07, 6.45) is 3.77. The zero-order chi connectivity index (χ0) is 14.4. The molecule has 20 heavy (non-hydrogen) atoms. The Balaban J connectivity index is 2.30. The van der Waals surface area contributed by atoms with Crippen LogP contribution < -0.4 is 16.0 Å². The van der Waals surface area contributed by atoms with Gasteiger partial charge in [-0.05, 0) is 24.8 Å². The summed E-state index contributed by atoms with van der Waals surface area (Å²) in [6, 6.07) is 9.54. The van der Waals surface area contributed by atoms with Crippen LogP contribution in [0.5, 0.6) is 11.6 Å². The second-order valence-corrected chi connectivity index (χ2v) is 5.00. The third-order valence-electron chi connectivity index (χ3n) is 2.65.